The molecule has 5 heteroatoms. The first-order valence-electron chi connectivity index (χ1n) is 8.86. The van der Waals surface area contributed by atoms with Gasteiger partial charge in [-0.1, -0.05) is 54.6 Å². The van der Waals surface area contributed by atoms with Gasteiger partial charge in [0.25, 0.3) is 5.56 Å². The van der Waals surface area contributed by atoms with E-state index in [-0.39, 0.29) is 22.5 Å². The molecule has 1 fully saturated rings. The van der Waals surface area contributed by atoms with Crippen LogP contribution in [0.25, 0.3) is 11.1 Å². The van der Waals surface area contributed by atoms with Crippen molar-refractivity contribution in [2.45, 2.75) is 25.2 Å². The van der Waals surface area contributed by atoms with Gasteiger partial charge in [0.2, 0.25) is 0 Å². The minimum Gasteiger partial charge on any atom is -0.383 e. The van der Waals surface area contributed by atoms with Crippen LogP contribution < -0.4 is 10.9 Å². The number of benzene rings is 2. The number of rotatable bonds is 4. The SMILES string of the molecule is Br.O=c1[nH]oc(C2CCNCC2)c1Cc1ccc(-c2ccccc2)cc1. The molecule has 0 radical (unpaired) electrons. The normalized spacial score (nSPS) is 14.8. The first-order valence-corrected chi connectivity index (χ1v) is 8.86. The zero-order valence-electron chi connectivity index (χ0n) is 14.5. The quantitative estimate of drug-likeness (QED) is 0.669. The van der Waals surface area contributed by atoms with Crippen molar-refractivity contribution in [1.29, 1.82) is 0 Å². The molecule has 0 spiro atoms. The van der Waals surface area contributed by atoms with Gasteiger partial charge in [-0.3, -0.25) is 4.79 Å². The lowest BCUT2D eigenvalue weighted by molar-refractivity contribution is 0.324. The van der Waals surface area contributed by atoms with Crippen LogP contribution in [0.5, 0.6) is 0 Å². The van der Waals surface area contributed by atoms with Gasteiger partial charge >= 0.3 is 0 Å². The lowest BCUT2D eigenvalue weighted by Crippen LogP contribution is -2.27. The number of hydrogen-bond donors (Lipinski definition) is 2. The largest absolute Gasteiger partial charge is 0.383 e. The third-order valence-electron chi connectivity index (χ3n) is 4.98. The van der Waals surface area contributed by atoms with E-state index < -0.39 is 0 Å². The van der Waals surface area contributed by atoms with Gasteiger partial charge in [-0.25, -0.2) is 0 Å². The fourth-order valence-corrected chi connectivity index (χ4v) is 3.57. The summed E-state index contributed by atoms with van der Waals surface area (Å²) in [5.74, 6) is 1.18. The Morgan fingerprint density at radius 2 is 1.58 bits per heavy atom. The molecule has 1 aromatic heterocycles. The first-order chi connectivity index (χ1) is 12.3. The van der Waals surface area contributed by atoms with E-state index >= 15 is 0 Å². The summed E-state index contributed by atoms with van der Waals surface area (Å²) in [6, 6.07) is 18.7. The number of aromatic nitrogens is 1. The predicted molar refractivity (Wildman–Crippen MR) is 109 cm³/mol. The minimum absolute atomic E-state index is 0. The molecule has 1 saturated heterocycles. The highest BCUT2D eigenvalue weighted by Gasteiger charge is 2.24. The number of piperidine rings is 1. The maximum atomic E-state index is 12.2. The van der Waals surface area contributed by atoms with E-state index in [0.717, 1.165) is 42.8 Å². The lowest BCUT2D eigenvalue weighted by atomic mass is 9.91. The molecule has 0 atom stereocenters. The Labute approximate surface area is 163 Å². The topological polar surface area (TPSA) is 58.0 Å². The number of nitrogens with one attached hydrogen (secondary N) is 2. The second-order valence-corrected chi connectivity index (χ2v) is 6.64. The lowest BCUT2D eigenvalue weighted by Gasteiger charge is -2.21. The number of H-pyrrole nitrogens is 1. The predicted octanol–water partition coefficient (Wildman–Crippen LogP) is 4.27. The highest BCUT2D eigenvalue weighted by Crippen LogP contribution is 2.28. The van der Waals surface area contributed by atoms with Crippen molar-refractivity contribution in [3.05, 3.63) is 81.8 Å². The Bertz CT molecular complexity index is 878. The summed E-state index contributed by atoms with van der Waals surface area (Å²) in [6.45, 7) is 1.95. The first kappa shape index (κ1) is 18.7. The molecule has 1 aliphatic heterocycles. The van der Waals surface area contributed by atoms with Gasteiger partial charge < -0.3 is 9.84 Å². The van der Waals surface area contributed by atoms with Crippen LogP contribution in [0.1, 0.15) is 35.6 Å². The molecular formula is C21H23BrN2O2. The Kier molecular flexibility index (Phi) is 6.12. The van der Waals surface area contributed by atoms with Gasteiger partial charge in [-0.05, 0) is 42.6 Å². The highest BCUT2D eigenvalue weighted by molar-refractivity contribution is 8.93. The second-order valence-electron chi connectivity index (χ2n) is 6.64. The number of hydrogen-bond acceptors (Lipinski definition) is 3. The molecule has 4 nitrogen and oxygen atoms in total. The van der Waals surface area contributed by atoms with E-state index in [1.807, 2.05) is 18.2 Å². The Morgan fingerprint density at radius 3 is 2.27 bits per heavy atom. The summed E-state index contributed by atoms with van der Waals surface area (Å²) in [4.78, 5) is 12.2. The maximum Gasteiger partial charge on any atom is 0.283 e. The van der Waals surface area contributed by atoms with Crippen molar-refractivity contribution < 1.29 is 4.52 Å². The zero-order valence-corrected chi connectivity index (χ0v) is 16.2. The molecule has 0 unspecified atom stereocenters. The van der Waals surface area contributed by atoms with Crippen LogP contribution in [0.3, 0.4) is 0 Å². The van der Waals surface area contributed by atoms with Crippen molar-refractivity contribution in [2.75, 3.05) is 13.1 Å². The molecule has 0 aliphatic carbocycles. The van der Waals surface area contributed by atoms with Gasteiger partial charge in [-0.15, -0.1) is 17.0 Å². The molecule has 0 saturated carbocycles. The average molecular weight is 415 g/mol. The standard InChI is InChI=1S/C21H22N2O2.BrH/c24-21-19(20(25-23-21)18-10-12-22-13-11-18)14-15-6-8-17(9-7-15)16-4-2-1-3-5-16;/h1-9,18,22H,10-14H2,(H,23,24);1H. The number of halogens is 1. The third-order valence-corrected chi connectivity index (χ3v) is 4.98. The summed E-state index contributed by atoms with van der Waals surface area (Å²) < 4.78 is 5.53. The zero-order chi connectivity index (χ0) is 17.1. The smallest absolute Gasteiger partial charge is 0.283 e. The molecule has 26 heavy (non-hydrogen) atoms. The Balaban J connectivity index is 0.00000196. The molecule has 2 heterocycles. The molecule has 2 aromatic carbocycles. The Morgan fingerprint density at radius 1 is 0.923 bits per heavy atom. The van der Waals surface area contributed by atoms with Gasteiger partial charge in [0.1, 0.15) is 5.76 Å². The van der Waals surface area contributed by atoms with Crippen LogP contribution in [0.2, 0.25) is 0 Å². The molecule has 0 amide bonds. The number of aromatic amines is 1. The Hall–Kier alpha value is -2.11. The van der Waals surface area contributed by atoms with Crippen LogP contribution in [0.4, 0.5) is 0 Å². The van der Waals surface area contributed by atoms with E-state index in [9.17, 15) is 4.79 Å². The highest BCUT2D eigenvalue weighted by atomic mass is 79.9. The van der Waals surface area contributed by atoms with E-state index in [1.54, 1.807) is 0 Å². The van der Waals surface area contributed by atoms with E-state index in [4.69, 9.17) is 4.52 Å². The van der Waals surface area contributed by atoms with Gasteiger partial charge in [0.05, 0.1) is 5.56 Å². The van der Waals surface area contributed by atoms with Crippen LogP contribution >= 0.6 is 17.0 Å². The van der Waals surface area contributed by atoms with E-state index in [0.29, 0.717) is 12.3 Å². The summed E-state index contributed by atoms with van der Waals surface area (Å²) >= 11 is 0. The summed E-state index contributed by atoms with van der Waals surface area (Å²) in [5, 5.41) is 5.89. The van der Waals surface area contributed by atoms with Crippen molar-refractivity contribution in [1.82, 2.24) is 10.5 Å². The minimum atomic E-state index is -0.0966. The van der Waals surface area contributed by atoms with Crippen LogP contribution in [0.15, 0.2) is 63.9 Å². The molecule has 3 aromatic rings. The van der Waals surface area contributed by atoms with E-state index in [1.165, 1.54) is 11.1 Å². The molecule has 1 aliphatic rings. The second kappa shape index (κ2) is 8.52. The third kappa shape index (κ3) is 4.00. The van der Waals surface area contributed by atoms with Gasteiger partial charge in [-0.2, -0.15) is 5.16 Å². The van der Waals surface area contributed by atoms with Crippen LogP contribution in [0, 0.1) is 0 Å². The maximum absolute atomic E-state index is 12.2. The fraction of sp³-hybridized carbons (Fsp3) is 0.286. The van der Waals surface area contributed by atoms with Crippen molar-refractivity contribution in [2.24, 2.45) is 0 Å². The van der Waals surface area contributed by atoms with Gasteiger partial charge in [0.15, 0.2) is 0 Å². The van der Waals surface area contributed by atoms with E-state index in [2.05, 4.69) is 46.9 Å². The molecule has 4 rings (SSSR count). The molecule has 136 valence electrons. The van der Waals surface area contributed by atoms with Gasteiger partial charge in [0, 0.05) is 12.3 Å². The molecular weight excluding hydrogens is 392 g/mol. The summed E-state index contributed by atoms with van der Waals surface area (Å²) in [7, 11) is 0. The van der Waals surface area contributed by atoms with Crippen molar-refractivity contribution in [3.63, 3.8) is 0 Å². The van der Waals surface area contributed by atoms with Crippen molar-refractivity contribution in [3.8, 4) is 11.1 Å². The van der Waals surface area contributed by atoms with Crippen LogP contribution in [-0.2, 0) is 6.42 Å². The monoisotopic (exact) mass is 414 g/mol. The summed E-state index contributed by atoms with van der Waals surface area (Å²) in [6.07, 6.45) is 2.64. The van der Waals surface area contributed by atoms with Crippen molar-refractivity contribution >= 4 is 17.0 Å². The molecule has 2 N–H and O–H groups in total. The average Bonchev–Trinajstić information content (AvgIpc) is 3.04. The van der Waals surface area contributed by atoms with Crippen LogP contribution in [-0.4, -0.2) is 18.2 Å². The molecule has 0 bridgehead atoms. The fourth-order valence-electron chi connectivity index (χ4n) is 3.57. The summed E-state index contributed by atoms with van der Waals surface area (Å²) in [5.41, 5.74) is 4.19.